The highest BCUT2D eigenvalue weighted by atomic mass is 32.1. The first-order valence-electron chi connectivity index (χ1n) is 7.75. The summed E-state index contributed by atoms with van der Waals surface area (Å²) in [7, 11) is 0. The zero-order chi connectivity index (χ0) is 17.6. The van der Waals surface area contributed by atoms with Crippen LogP contribution in [0, 0.1) is 5.41 Å². The molecule has 0 saturated heterocycles. The summed E-state index contributed by atoms with van der Waals surface area (Å²) < 4.78 is 5.17. The number of nitrogens with zero attached hydrogens (tertiary/aromatic N) is 2. The minimum atomic E-state index is -0.866. The predicted octanol–water partition coefficient (Wildman–Crippen LogP) is 2.74. The van der Waals surface area contributed by atoms with Gasteiger partial charge in [0.25, 0.3) is 0 Å². The molecule has 2 heterocycles. The van der Waals surface area contributed by atoms with Crippen molar-refractivity contribution >= 4 is 23.2 Å². The number of aryl methyl sites for hydroxylation is 1. The van der Waals surface area contributed by atoms with E-state index in [1.165, 1.54) is 0 Å². The SMILES string of the molecule is CC(C)(CCNC(=O)CCCc1nc(-c2cccs2)no1)C(=O)O. The Kier molecular flexibility index (Phi) is 6.08. The molecular weight excluding hydrogens is 330 g/mol. The van der Waals surface area contributed by atoms with E-state index < -0.39 is 11.4 Å². The second-order valence-corrected chi connectivity index (χ2v) is 7.08. The van der Waals surface area contributed by atoms with E-state index in [1.54, 1.807) is 25.2 Å². The molecule has 1 amide bonds. The molecule has 0 atom stereocenters. The number of carbonyl (C=O) groups is 2. The van der Waals surface area contributed by atoms with Crippen LogP contribution in [0.1, 0.15) is 39.0 Å². The topological polar surface area (TPSA) is 105 Å². The minimum Gasteiger partial charge on any atom is -0.481 e. The van der Waals surface area contributed by atoms with Gasteiger partial charge in [0.1, 0.15) is 0 Å². The third-order valence-electron chi connectivity index (χ3n) is 3.66. The summed E-state index contributed by atoms with van der Waals surface area (Å²) in [6.07, 6.45) is 1.86. The zero-order valence-corrected chi connectivity index (χ0v) is 14.6. The van der Waals surface area contributed by atoms with Crippen LogP contribution >= 0.6 is 11.3 Å². The maximum absolute atomic E-state index is 11.8. The van der Waals surface area contributed by atoms with Crippen molar-refractivity contribution in [1.82, 2.24) is 15.5 Å². The Bertz CT molecular complexity index is 679. The van der Waals surface area contributed by atoms with Gasteiger partial charge in [0.05, 0.1) is 10.3 Å². The zero-order valence-electron chi connectivity index (χ0n) is 13.7. The van der Waals surface area contributed by atoms with E-state index in [2.05, 4.69) is 15.5 Å². The van der Waals surface area contributed by atoms with Gasteiger partial charge in [0.2, 0.25) is 17.6 Å². The first kappa shape index (κ1) is 18.1. The van der Waals surface area contributed by atoms with Crippen LogP contribution in [0.3, 0.4) is 0 Å². The van der Waals surface area contributed by atoms with Gasteiger partial charge in [0.15, 0.2) is 0 Å². The molecule has 0 aromatic carbocycles. The predicted molar refractivity (Wildman–Crippen MR) is 89.6 cm³/mol. The first-order valence-corrected chi connectivity index (χ1v) is 8.63. The summed E-state index contributed by atoms with van der Waals surface area (Å²) in [5.74, 6) is 0.113. The van der Waals surface area contributed by atoms with Gasteiger partial charge >= 0.3 is 5.97 Å². The van der Waals surface area contributed by atoms with Gasteiger partial charge in [0, 0.05) is 19.4 Å². The van der Waals surface area contributed by atoms with Crippen molar-refractivity contribution in [2.45, 2.75) is 39.5 Å². The standard InChI is InChI=1S/C16H21N3O4S/c1-16(2,15(21)22)8-9-17-12(20)6-3-7-13-18-14(19-23-13)11-5-4-10-24-11/h4-5,10H,3,6-9H2,1-2H3,(H,17,20)(H,21,22). The van der Waals surface area contributed by atoms with E-state index in [1.807, 2.05) is 17.5 Å². The van der Waals surface area contributed by atoms with Gasteiger partial charge in [-0.3, -0.25) is 9.59 Å². The Morgan fingerprint density at radius 1 is 1.42 bits per heavy atom. The van der Waals surface area contributed by atoms with Crippen LogP contribution < -0.4 is 5.32 Å². The second-order valence-electron chi connectivity index (χ2n) is 6.13. The number of aromatic nitrogens is 2. The molecular formula is C16H21N3O4S. The third kappa shape index (κ3) is 5.16. The molecule has 0 fully saturated rings. The van der Waals surface area contributed by atoms with Crippen molar-refractivity contribution in [1.29, 1.82) is 0 Å². The number of amides is 1. The summed E-state index contributed by atoms with van der Waals surface area (Å²) in [5, 5.41) is 17.6. The number of carboxylic acid groups (broad SMARTS) is 1. The van der Waals surface area contributed by atoms with Gasteiger partial charge in [-0.15, -0.1) is 11.3 Å². The van der Waals surface area contributed by atoms with Gasteiger partial charge in [-0.25, -0.2) is 0 Å². The van der Waals surface area contributed by atoms with Crippen LogP contribution in [-0.4, -0.2) is 33.7 Å². The van der Waals surface area contributed by atoms with Crippen LogP contribution in [0.15, 0.2) is 22.0 Å². The molecule has 2 rings (SSSR count). The summed E-state index contributed by atoms with van der Waals surface area (Å²) in [4.78, 5) is 28.0. The quantitative estimate of drug-likeness (QED) is 0.719. The number of aliphatic carboxylic acids is 1. The van der Waals surface area contributed by atoms with Gasteiger partial charge in [-0.2, -0.15) is 4.98 Å². The molecule has 130 valence electrons. The average Bonchev–Trinajstić information content (AvgIpc) is 3.17. The molecule has 0 bridgehead atoms. The fourth-order valence-corrected chi connectivity index (χ4v) is 2.62. The minimum absolute atomic E-state index is 0.103. The number of hydrogen-bond acceptors (Lipinski definition) is 6. The number of carbonyl (C=O) groups excluding carboxylic acids is 1. The summed E-state index contributed by atoms with van der Waals surface area (Å²) in [5.41, 5.74) is -0.838. The number of carboxylic acids is 1. The van der Waals surface area contributed by atoms with Gasteiger partial charge < -0.3 is 14.9 Å². The average molecular weight is 351 g/mol. The fraction of sp³-hybridized carbons (Fsp3) is 0.500. The third-order valence-corrected chi connectivity index (χ3v) is 4.52. The highest BCUT2D eigenvalue weighted by Crippen LogP contribution is 2.21. The van der Waals surface area contributed by atoms with Crippen LogP contribution in [0.5, 0.6) is 0 Å². The van der Waals surface area contributed by atoms with E-state index >= 15 is 0 Å². The Morgan fingerprint density at radius 3 is 2.88 bits per heavy atom. The molecule has 2 N–H and O–H groups in total. The lowest BCUT2D eigenvalue weighted by molar-refractivity contribution is -0.147. The molecule has 24 heavy (non-hydrogen) atoms. The number of hydrogen-bond donors (Lipinski definition) is 2. The highest BCUT2D eigenvalue weighted by molar-refractivity contribution is 7.13. The Hall–Kier alpha value is -2.22. The van der Waals surface area contributed by atoms with Crippen LogP contribution in [0.2, 0.25) is 0 Å². The van der Waals surface area contributed by atoms with E-state index in [4.69, 9.17) is 9.63 Å². The van der Waals surface area contributed by atoms with E-state index in [9.17, 15) is 9.59 Å². The molecule has 0 spiro atoms. The van der Waals surface area contributed by atoms with Crippen molar-refractivity contribution < 1.29 is 19.2 Å². The van der Waals surface area contributed by atoms with Crippen LogP contribution in [-0.2, 0) is 16.0 Å². The maximum atomic E-state index is 11.8. The van der Waals surface area contributed by atoms with Crippen LogP contribution in [0.25, 0.3) is 10.7 Å². The molecule has 0 aliphatic rings. The second kappa shape index (κ2) is 8.05. The summed E-state index contributed by atoms with van der Waals surface area (Å²) in [6, 6.07) is 3.84. The number of nitrogens with one attached hydrogen (secondary N) is 1. The molecule has 0 unspecified atom stereocenters. The molecule has 2 aromatic heterocycles. The molecule has 0 aliphatic heterocycles. The smallest absolute Gasteiger partial charge is 0.309 e. The lowest BCUT2D eigenvalue weighted by Crippen LogP contribution is -2.31. The highest BCUT2D eigenvalue weighted by Gasteiger charge is 2.26. The van der Waals surface area contributed by atoms with Crippen LogP contribution in [0.4, 0.5) is 0 Å². The monoisotopic (exact) mass is 351 g/mol. The van der Waals surface area contributed by atoms with Crippen molar-refractivity contribution in [3.63, 3.8) is 0 Å². The summed E-state index contributed by atoms with van der Waals surface area (Å²) in [6.45, 7) is 3.63. The maximum Gasteiger partial charge on any atom is 0.309 e. The van der Waals surface area contributed by atoms with E-state index in [0.29, 0.717) is 43.9 Å². The van der Waals surface area contributed by atoms with Crippen molar-refractivity contribution in [3.05, 3.63) is 23.4 Å². The summed E-state index contributed by atoms with van der Waals surface area (Å²) >= 11 is 1.54. The van der Waals surface area contributed by atoms with Crippen molar-refractivity contribution in [2.75, 3.05) is 6.54 Å². The molecule has 0 aliphatic carbocycles. The largest absolute Gasteiger partial charge is 0.481 e. The lowest BCUT2D eigenvalue weighted by atomic mass is 9.90. The first-order chi connectivity index (χ1) is 11.4. The van der Waals surface area contributed by atoms with Crippen molar-refractivity contribution in [2.24, 2.45) is 5.41 Å². The molecule has 0 saturated carbocycles. The molecule has 8 heteroatoms. The lowest BCUT2D eigenvalue weighted by Gasteiger charge is -2.18. The van der Waals surface area contributed by atoms with Gasteiger partial charge in [-0.1, -0.05) is 11.2 Å². The fourth-order valence-electron chi connectivity index (χ4n) is 1.97. The van der Waals surface area contributed by atoms with E-state index in [0.717, 1.165) is 4.88 Å². The number of rotatable bonds is 9. The Labute approximate surface area is 144 Å². The normalized spacial score (nSPS) is 11.4. The molecule has 7 nitrogen and oxygen atoms in total. The number of thiophene rings is 1. The molecule has 0 radical (unpaired) electrons. The van der Waals surface area contributed by atoms with E-state index in [-0.39, 0.29) is 5.91 Å². The Balaban J connectivity index is 1.67. The van der Waals surface area contributed by atoms with Gasteiger partial charge in [-0.05, 0) is 38.1 Å². The molecule has 2 aromatic rings. The Morgan fingerprint density at radius 2 is 2.21 bits per heavy atom. The van der Waals surface area contributed by atoms with Crippen molar-refractivity contribution in [3.8, 4) is 10.7 Å².